The standard InChI is InChI=1S/C11H11N5O3S/c1-6-5-13-11(20-6)14-10(17)7-3-2-4-8(16(18)19)9(7)15-12/h2-5,15H,12H2,1H3,(H,13,14,17). The first-order valence-corrected chi connectivity index (χ1v) is 6.32. The number of nitrogens with zero attached hydrogens (tertiary/aromatic N) is 2. The Bertz CT molecular complexity index is 670. The minimum Gasteiger partial charge on any atom is -0.318 e. The summed E-state index contributed by atoms with van der Waals surface area (Å²) in [5.41, 5.74) is 1.97. The summed E-state index contributed by atoms with van der Waals surface area (Å²) in [6.45, 7) is 1.85. The van der Waals surface area contributed by atoms with Crippen molar-refractivity contribution in [3.63, 3.8) is 0 Å². The van der Waals surface area contributed by atoms with Crippen molar-refractivity contribution < 1.29 is 9.72 Å². The van der Waals surface area contributed by atoms with Gasteiger partial charge in [0.1, 0.15) is 5.69 Å². The fourth-order valence-corrected chi connectivity index (χ4v) is 2.27. The molecule has 0 saturated carbocycles. The molecule has 0 unspecified atom stereocenters. The number of nitro benzene ring substituents is 1. The van der Waals surface area contributed by atoms with Gasteiger partial charge >= 0.3 is 0 Å². The molecule has 0 aliphatic rings. The molecular formula is C11H11N5O3S. The van der Waals surface area contributed by atoms with Crippen LogP contribution in [0, 0.1) is 17.0 Å². The minimum absolute atomic E-state index is 0.0386. The number of thiazole rings is 1. The van der Waals surface area contributed by atoms with E-state index in [1.165, 1.54) is 29.5 Å². The predicted octanol–water partition coefficient (Wildman–Crippen LogP) is 1.90. The number of hydrogen-bond donors (Lipinski definition) is 3. The van der Waals surface area contributed by atoms with Crippen LogP contribution < -0.4 is 16.6 Å². The Kier molecular flexibility index (Phi) is 3.91. The predicted molar refractivity (Wildman–Crippen MR) is 75.7 cm³/mol. The lowest BCUT2D eigenvalue weighted by Crippen LogP contribution is -2.18. The van der Waals surface area contributed by atoms with Gasteiger partial charge in [0.15, 0.2) is 5.13 Å². The average molecular weight is 293 g/mol. The van der Waals surface area contributed by atoms with Crippen LogP contribution in [0.1, 0.15) is 15.2 Å². The Balaban J connectivity index is 2.34. The molecule has 1 aromatic heterocycles. The van der Waals surface area contributed by atoms with E-state index in [2.05, 4.69) is 15.7 Å². The lowest BCUT2D eigenvalue weighted by molar-refractivity contribution is -0.384. The maximum atomic E-state index is 12.1. The van der Waals surface area contributed by atoms with Crippen molar-refractivity contribution in [2.45, 2.75) is 6.92 Å². The van der Waals surface area contributed by atoms with Crippen LogP contribution in [0.15, 0.2) is 24.4 Å². The number of para-hydroxylation sites is 1. The molecule has 0 fully saturated rings. The van der Waals surface area contributed by atoms with Gasteiger partial charge in [-0.3, -0.25) is 26.1 Å². The topological polar surface area (TPSA) is 123 Å². The summed E-state index contributed by atoms with van der Waals surface area (Å²) in [4.78, 5) is 27.3. The normalized spacial score (nSPS) is 10.1. The van der Waals surface area contributed by atoms with Crippen LogP contribution in [0.2, 0.25) is 0 Å². The smallest absolute Gasteiger partial charge is 0.294 e. The van der Waals surface area contributed by atoms with Gasteiger partial charge in [-0.15, -0.1) is 11.3 Å². The number of anilines is 2. The van der Waals surface area contributed by atoms with E-state index >= 15 is 0 Å². The fourth-order valence-electron chi connectivity index (χ4n) is 1.61. The number of nitrogens with two attached hydrogens (primary N) is 1. The third kappa shape index (κ3) is 2.73. The number of aryl methyl sites for hydroxylation is 1. The molecule has 0 spiro atoms. The first-order chi connectivity index (χ1) is 9.52. The Hall–Kier alpha value is -2.52. The molecule has 9 heteroatoms. The molecular weight excluding hydrogens is 282 g/mol. The van der Waals surface area contributed by atoms with Gasteiger partial charge in [-0.2, -0.15) is 0 Å². The van der Waals surface area contributed by atoms with E-state index in [0.717, 1.165) is 4.88 Å². The molecule has 8 nitrogen and oxygen atoms in total. The average Bonchev–Trinajstić information content (AvgIpc) is 2.82. The van der Waals surface area contributed by atoms with Crippen LogP contribution >= 0.6 is 11.3 Å². The second-order valence-corrected chi connectivity index (χ2v) is 5.07. The number of carbonyl (C=O) groups is 1. The molecule has 0 atom stereocenters. The fraction of sp³-hybridized carbons (Fsp3) is 0.0909. The second-order valence-electron chi connectivity index (χ2n) is 3.83. The molecule has 4 N–H and O–H groups in total. The molecule has 0 aliphatic heterocycles. The van der Waals surface area contributed by atoms with E-state index in [0.29, 0.717) is 5.13 Å². The molecule has 0 saturated heterocycles. The van der Waals surface area contributed by atoms with Crippen molar-refractivity contribution in [1.29, 1.82) is 0 Å². The van der Waals surface area contributed by atoms with E-state index in [9.17, 15) is 14.9 Å². The monoisotopic (exact) mass is 293 g/mol. The van der Waals surface area contributed by atoms with Gasteiger partial charge < -0.3 is 5.43 Å². The zero-order valence-corrected chi connectivity index (χ0v) is 11.2. The SMILES string of the molecule is Cc1cnc(NC(=O)c2cccc([N+](=O)[O-])c2NN)s1. The lowest BCUT2D eigenvalue weighted by atomic mass is 10.1. The van der Waals surface area contributed by atoms with Gasteiger partial charge in [0.05, 0.1) is 10.5 Å². The van der Waals surface area contributed by atoms with Gasteiger partial charge in [-0.05, 0) is 13.0 Å². The number of nitrogens with one attached hydrogen (secondary N) is 2. The molecule has 2 rings (SSSR count). The molecule has 1 amide bonds. The molecule has 1 heterocycles. The van der Waals surface area contributed by atoms with Crippen molar-refractivity contribution in [3.8, 4) is 0 Å². The number of hydrogen-bond acceptors (Lipinski definition) is 7. The first-order valence-electron chi connectivity index (χ1n) is 5.50. The molecule has 0 aliphatic carbocycles. The number of nitrogen functional groups attached to an aromatic ring is 1. The molecule has 104 valence electrons. The van der Waals surface area contributed by atoms with E-state index in [1.807, 2.05) is 6.92 Å². The lowest BCUT2D eigenvalue weighted by Gasteiger charge is -2.08. The highest BCUT2D eigenvalue weighted by molar-refractivity contribution is 7.15. The number of benzene rings is 1. The Labute approximate surface area is 117 Å². The summed E-state index contributed by atoms with van der Waals surface area (Å²) < 4.78 is 0. The molecule has 0 radical (unpaired) electrons. The van der Waals surface area contributed by atoms with Gasteiger partial charge in [0, 0.05) is 17.1 Å². The zero-order chi connectivity index (χ0) is 14.7. The van der Waals surface area contributed by atoms with Crippen LogP contribution in [0.5, 0.6) is 0 Å². The Morgan fingerprint density at radius 3 is 2.80 bits per heavy atom. The maximum Gasteiger partial charge on any atom is 0.294 e. The van der Waals surface area contributed by atoms with E-state index in [4.69, 9.17) is 5.84 Å². The summed E-state index contributed by atoms with van der Waals surface area (Å²) in [5.74, 6) is 4.76. The van der Waals surface area contributed by atoms with E-state index in [1.54, 1.807) is 6.20 Å². The third-order valence-corrected chi connectivity index (χ3v) is 3.30. The van der Waals surface area contributed by atoms with Gasteiger partial charge in [-0.1, -0.05) is 6.07 Å². The van der Waals surface area contributed by atoms with Crippen molar-refractivity contribution in [1.82, 2.24) is 4.98 Å². The van der Waals surface area contributed by atoms with E-state index < -0.39 is 10.8 Å². The summed E-state index contributed by atoms with van der Waals surface area (Å²) in [6, 6.07) is 4.12. The van der Waals surface area contributed by atoms with Gasteiger partial charge in [-0.25, -0.2) is 4.98 Å². The molecule has 2 aromatic rings. The number of amides is 1. The van der Waals surface area contributed by atoms with Crippen LogP contribution in [0.4, 0.5) is 16.5 Å². The third-order valence-electron chi connectivity index (χ3n) is 2.47. The maximum absolute atomic E-state index is 12.1. The minimum atomic E-state index is -0.612. The van der Waals surface area contributed by atoms with Crippen molar-refractivity contribution in [2.75, 3.05) is 10.7 Å². The molecule has 0 bridgehead atoms. The van der Waals surface area contributed by atoms with E-state index in [-0.39, 0.29) is 16.9 Å². The van der Waals surface area contributed by atoms with Crippen LogP contribution in [-0.2, 0) is 0 Å². The number of carbonyl (C=O) groups excluding carboxylic acids is 1. The number of hydrazine groups is 1. The molecule has 1 aromatic carbocycles. The summed E-state index contributed by atoms with van der Waals surface area (Å²) in [6.07, 6.45) is 1.62. The van der Waals surface area contributed by atoms with Crippen LogP contribution in [0.3, 0.4) is 0 Å². The number of rotatable bonds is 4. The zero-order valence-electron chi connectivity index (χ0n) is 10.4. The highest BCUT2D eigenvalue weighted by atomic mass is 32.1. The largest absolute Gasteiger partial charge is 0.318 e. The second kappa shape index (κ2) is 5.63. The highest BCUT2D eigenvalue weighted by Crippen LogP contribution is 2.28. The van der Waals surface area contributed by atoms with Gasteiger partial charge in [0.2, 0.25) is 0 Å². The van der Waals surface area contributed by atoms with Crippen molar-refractivity contribution >= 4 is 33.8 Å². The Morgan fingerprint density at radius 1 is 1.50 bits per heavy atom. The number of nitro groups is 1. The van der Waals surface area contributed by atoms with Gasteiger partial charge in [0.25, 0.3) is 11.6 Å². The molecule has 20 heavy (non-hydrogen) atoms. The van der Waals surface area contributed by atoms with Crippen LogP contribution in [0.25, 0.3) is 0 Å². The highest BCUT2D eigenvalue weighted by Gasteiger charge is 2.21. The summed E-state index contributed by atoms with van der Waals surface area (Å²) >= 11 is 1.31. The van der Waals surface area contributed by atoms with Crippen molar-refractivity contribution in [3.05, 3.63) is 45.0 Å². The first kappa shape index (κ1) is 13.9. The van der Waals surface area contributed by atoms with Crippen LogP contribution in [-0.4, -0.2) is 15.8 Å². The summed E-state index contributed by atoms with van der Waals surface area (Å²) in [7, 11) is 0. The van der Waals surface area contributed by atoms with Crippen molar-refractivity contribution in [2.24, 2.45) is 5.84 Å². The summed E-state index contributed by atoms with van der Waals surface area (Å²) in [5, 5.41) is 13.9. The Morgan fingerprint density at radius 2 is 2.25 bits per heavy atom. The quantitative estimate of drug-likeness (QED) is 0.449. The number of aromatic nitrogens is 1.